The van der Waals surface area contributed by atoms with Crippen LogP contribution in [0, 0.1) is 10.1 Å². The highest BCUT2D eigenvalue weighted by molar-refractivity contribution is 5.44. The van der Waals surface area contributed by atoms with Crippen molar-refractivity contribution in [3.63, 3.8) is 0 Å². The highest BCUT2D eigenvalue weighted by Gasteiger charge is 2.09. The topological polar surface area (TPSA) is 77.2 Å². The fourth-order valence-corrected chi connectivity index (χ4v) is 1.90. The number of aromatic nitrogens is 1. The van der Waals surface area contributed by atoms with E-state index in [4.69, 9.17) is 0 Å². The van der Waals surface area contributed by atoms with Gasteiger partial charge in [-0.1, -0.05) is 12.1 Å². The summed E-state index contributed by atoms with van der Waals surface area (Å²) in [5.74, 6) is 0. The number of anilines is 1. The van der Waals surface area contributed by atoms with Crippen LogP contribution in [0.3, 0.4) is 0 Å². The van der Waals surface area contributed by atoms with Crippen molar-refractivity contribution in [3.8, 4) is 0 Å². The molecule has 0 bridgehead atoms. The van der Waals surface area contributed by atoms with Crippen molar-refractivity contribution in [2.75, 3.05) is 5.32 Å². The summed E-state index contributed by atoms with van der Waals surface area (Å²) >= 11 is 0. The van der Waals surface area contributed by atoms with Gasteiger partial charge in [0.2, 0.25) is 5.56 Å². The van der Waals surface area contributed by atoms with E-state index in [1.54, 1.807) is 31.4 Å². The Hall–Kier alpha value is -2.63. The molecule has 1 aromatic heterocycles. The molecule has 1 unspecified atom stereocenters. The van der Waals surface area contributed by atoms with Gasteiger partial charge in [-0.25, -0.2) is 0 Å². The standard InChI is InChI=1S/C14H15N3O3/c1-10(11-3-6-13(7-4-11)17(19)20)15-12-5-8-14(18)16(2)9-12/h3-10,15H,1-2H3. The van der Waals surface area contributed by atoms with Crippen LogP contribution in [0.15, 0.2) is 47.4 Å². The average molecular weight is 273 g/mol. The van der Waals surface area contributed by atoms with E-state index >= 15 is 0 Å². The second-order valence-electron chi connectivity index (χ2n) is 4.58. The SMILES string of the molecule is CC(Nc1ccc(=O)n(C)c1)c1ccc([N+](=O)[O-])cc1. The second kappa shape index (κ2) is 5.56. The lowest BCUT2D eigenvalue weighted by Crippen LogP contribution is -2.16. The van der Waals surface area contributed by atoms with E-state index in [1.165, 1.54) is 22.8 Å². The minimum Gasteiger partial charge on any atom is -0.377 e. The van der Waals surface area contributed by atoms with Crippen molar-refractivity contribution in [2.45, 2.75) is 13.0 Å². The monoisotopic (exact) mass is 273 g/mol. The average Bonchev–Trinajstić information content (AvgIpc) is 2.43. The maximum atomic E-state index is 11.3. The van der Waals surface area contributed by atoms with Crippen LogP contribution in [0.4, 0.5) is 11.4 Å². The lowest BCUT2D eigenvalue weighted by Gasteiger charge is -2.16. The molecule has 2 aromatic rings. The third-order valence-corrected chi connectivity index (χ3v) is 3.07. The summed E-state index contributed by atoms with van der Waals surface area (Å²) < 4.78 is 1.49. The molecule has 20 heavy (non-hydrogen) atoms. The fourth-order valence-electron chi connectivity index (χ4n) is 1.90. The van der Waals surface area contributed by atoms with Crippen molar-refractivity contribution in [1.82, 2.24) is 4.57 Å². The number of hydrogen-bond donors (Lipinski definition) is 1. The van der Waals surface area contributed by atoms with Crippen molar-refractivity contribution < 1.29 is 4.92 Å². The van der Waals surface area contributed by atoms with Crippen LogP contribution in [-0.4, -0.2) is 9.49 Å². The van der Waals surface area contributed by atoms with Gasteiger partial charge in [0, 0.05) is 37.5 Å². The van der Waals surface area contributed by atoms with E-state index in [0.717, 1.165) is 11.3 Å². The van der Waals surface area contributed by atoms with Gasteiger partial charge in [0.25, 0.3) is 5.69 Å². The van der Waals surface area contributed by atoms with Crippen LogP contribution in [0.5, 0.6) is 0 Å². The van der Waals surface area contributed by atoms with E-state index in [2.05, 4.69) is 5.32 Å². The first-order valence-electron chi connectivity index (χ1n) is 6.15. The van der Waals surface area contributed by atoms with Crippen LogP contribution in [0.25, 0.3) is 0 Å². The molecule has 0 saturated carbocycles. The first-order valence-corrected chi connectivity index (χ1v) is 6.15. The number of rotatable bonds is 4. The fraction of sp³-hybridized carbons (Fsp3) is 0.214. The summed E-state index contributed by atoms with van der Waals surface area (Å²) in [6, 6.07) is 9.58. The van der Waals surface area contributed by atoms with Gasteiger partial charge in [-0.15, -0.1) is 0 Å². The van der Waals surface area contributed by atoms with E-state index in [0.29, 0.717) is 0 Å². The Morgan fingerprint density at radius 2 is 1.85 bits per heavy atom. The van der Waals surface area contributed by atoms with E-state index in [1.807, 2.05) is 6.92 Å². The number of nitro benzene ring substituents is 1. The van der Waals surface area contributed by atoms with Gasteiger partial charge in [0.15, 0.2) is 0 Å². The van der Waals surface area contributed by atoms with E-state index in [-0.39, 0.29) is 17.3 Å². The van der Waals surface area contributed by atoms with Gasteiger partial charge in [-0.05, 0) is 18.6 Å². The predicted molar refractivity (Wildman–Crippen MR) is 76.8 cm³/mol. The van der Waals surface area contributed by atoms with Crippen molar-refractivity contribution in [1.29, 1.82) is 0 Å². The number of aryl methyl sites for hydroxylation is 1. The lowest BCUT2D eigenvalue weighted by molar-refractivity contribution is -0.384. The summed E-state index contributed by atoms with van der Waals surface area (Å²) in [5, 5.41) is 13.8. The molecule has 1 aromatic carbocycles. The first-order chi connectivity index (χ1) is 9.47. The van der Waals surface area contributed by atoms with Crippen LogP contribution >= 0.6 is 0 Å². The van der Waals surface area contributed by atoms with Gasteiger partial charge in [0.1, 0.15) is 0 Å². The smallest absolute Gasteiger partial charge is 0.269 e. The largest absolute Gasteiger partial charge is 0.377 e. The van der Waals surface area contributed by atoms with Crippen LogP contribution in [0.2, 0.25) is 0 Å². The van der Waals surface area contributed by atoms with E-state index in [9.17, 15) is 14.9 Å². The van der Waals surface area contributed by atoms with Crippen molar-refractivity contribution in [2.24, 2.45) is 7.05 Å². The van der Waals surface area contributed by atoms with Crippen LogP contribution < -0.4 is 10.9 Å². The molecule has 0 aliphatic rings. The predicted octanol–water partition coefficient (Wildman–Crippen LogP) is 2.47. The molecular formula is C14H15N3O3. The zero-order chi connectivity index (χ0) is 14.7. The minimum atomic E-state index is -0.422. The Kier molecular flexibility index (Phi) is 3.84. The summed E-state index contributed by atoms with van der Waals surface area (Å²) in [4.78, 5) is 21.5. The molecule has 0 aliphatic carbocycles. The third-order valence-electron chi connectivity index (χ3n) is 3.07. The first kappa shape index (κ1) is 13.8. The molecule has 0 amide bonds. The zero-order valence-corrected chi connectivity index (χ0v) is 11.2. The lowest BCUT2D eigenvalue weighted by atomic mass is 10.1. The van der Waals surface area contributed by atoms with E-state index < -0.39 is 4.92 Å². The molecule has 0 aliphatic heterocycles. The number of pyridine rings is 1. The molecular weight excluding hydrogens is 258 g/mol. The molecule has 6 heteroatoms. The molecule has 0 radical (unpaired) electrons. The molecule has 104 valence electrons. The number of benzene rings is 1. The molecule has 0 saturated heterocycles. The molecule has 1 N–H and O–H groups in total. The molecule has 6 nitrogen and oxygen atoms in total. The normalized spacial score (nSPS) is 11.9. The Bertz CT molecular complexity index is 677. The number of nitrogens with zero attached hydrogens (tertiary/aromatic N) is 2. The quantitative estimate of drug-likeness (QED) is 0.685. The van der Waals surface area contributed by atoms with Crippen molar-refractivity contribution >= 4 is 11.4 Å². The van der Waals surface area contributed by atoms with Crippen LogP contribution in [-0.2, 0) is 7.05 Å². The molecule has 0 fully saturated rings. The highest BCUT2D eigenvalue weighted by atomic mass is 16.6. The molecule has 0 spiro atoms. The van der Waals surface area contributed by atoms with Gasteiger partial charge >= 0.3 is 0 Å². The number of hydrogen-bond acceptors (Lipinski definition) is 4. The molecule has 2 rings (SSSR count). The maximum Gasteiger partial charge on any atom is 0.269 e. The number of nitro groups is 1. The summed E-state index contributed by atoms with van der Waals surface area (Å²) in [7, 11) is 1.68. The Morgan fingerprint density at radius 3 is 2.40 bits per heavy atom. The number of nitrogens with one attached hydrogen (secondary N) is 1. The van der Waals surface area contributed by atoms with Gasteiger partial charge in [0.05, 0.1) is 10.6 Å². The summed E-state index contributed by atoms with van der Waals surface area (Å²) in [5.41, 5.74) is 1.75. The van der Waals surface area contributed by atoms with Crippen LogP contribution in [0.1, 0.15) is 18.5 Å². The van der Waals surface area contributed by atoms with Gasteiger partial charge in [-0.2, -0.15) is 0 Å². The summed E-state index contributed by atoms with van der Waals surface area (Å²) in [6.07, 6.45) is 1.71. The highest BCUT2D eigenvalue weighted by Crippen LogP contribution is 2.20. The van der Waals surface area contributed by atoms with Gasteiger partial charge in [-0.3, -0.25) is 14.9 Å². The Balaban J connectivity index is 2.14. The maximum absolute atomic E-state index is 11.3. The minimum absolute atomic E-state index is 0.0201. The second-order valence-corrected chi connectivity index (χ2v) is 4.58. The third kappa shape index (κ3) is 3.03. The molecule has 1 atom stereocenters. The van der Waals surface area contributed by atoms with Crippen molar-refractivity contribution in [3.05, 3.63) is 68.6 Å². The summed E-state index contributed by atoms with van der Waals surface area (Å²) in [6.45, 7) is 1.95. The number of non-ortho nitro benzene ring substituents is 1. The van der Waals surface area contributed by atoms with Gasteiger partial charge < -0.3 is 9.88 Å². The zero-order valence-electron chi connectivity index (χ0n) is 11.2. The Labute approximate surface area is 115 Å². The molecule has 1 heterocycles. The Morgan fingerprint density at radius 1 is 1.20 bits per heavy atom.